The summed E-state index contributed by atoms with van der Waals surface area (Å²) < 4.78 is 0. The summed E-state index contributed by atoms with van der Waals surface area (Å²) in [6.45, 7) is 25.6. The monoisotopic (exact) mass is 546 g/mol. The first-order chi connectivity index (χ1) is 18.5. The molecule has 5 nitrogen and oxygen atoms in total. The van der Waals surface area contributed by atoms with Gasteiger partial charge < -0.3 is 21.7 Å². The lowest BCUT2D eigenvalue weighted by molar-refractivity contribution is -0.127. The van der Waals surface area contributed by atoms with Gasteiger partial charge in [0.05, 0.1) is 6.54 Å². The highest BCUT2D eigenvalue weighted by molar-refractivity contribution is 5.85. The van der Waals surface area contributed by atoms with Crippen LogP contribution in [0.5, 0.6) is 0 Å². The highest BCUT2D eigenvalue weighted by atomic mass is 15.2. The topological polar surface area (TPSA) is 79.7 Å². The number of fused-ring (bicyclic) bond motifs is 5. The van der Waals surface area contributed by atoms with Crippen molar-refractivity contribution in [1.82, 2.24) is 10.2 Å². The molecule has 0 spiro atoms. The van der Waals surface area contributed by atoms with Crippen molar-refractivity contribution in [3.05, 3.63) is 12.3 Å². The van der Waals surface area contributed by atoms with Crippen LogP contribution >= 0.6 is 0 Å². The highest BCUT2D eigenvalue weighted by Gasteiger charge is 2.65. The molecule has 0 aromatic heterocycles. The van der Waals surface area contributed by atoms with Gasteiger partial charge in [-0.3, -0.25) is 4.99 Å². The van der Waals surface area contributed by atoms with Crippen molar-refractivity contribution in [2.75, 3.05) is 33.7 Å². The van der Waals surface area contributed by atoms with E-state index in [4.69, 9.17) is 10.7 Å². The molecule has 8 unspecified atom stereocenters. The zero-order chi connectivity index (χ0) is 29.6. The van der Waals surface area contributed by atoms with Gasteiger partial charge in [0.1, 0.15) is 0 Å². The summed E-state index contributed by atoms with van der Waals surface area (Å²) in [5.74, 6) is 3.73. The summed E-state index contributed by atoms with van der Waals surface area (Å²) in [6.07, 6.45) is 12.1. The summed E-state index contributed by atoms with van der Waals surface area (Å²) in [4.78, 5) is 7.58. The van der Waals surface area contributed by atoms with Gasteiger partial charge in [-0.25, -0.2) is 0 Å². The first kappa shape index (κ1) is 34.3. The molecule has 0 aromatic rings. The first-order valence-corrected chi connectivity index (χ1v) is 16.4. The molecule has 0 aromatic carbocycles. The van der Waals surface area contributed by atoms with Gasteiger partial charge in [-0.2, -0.15) is 0 Å². The Bertz CT molecular complexity index is 807. The summed E-state index contributed by atoms with van der Waals surface area (Å²) in [7, 11) is 3.52. The molecule has 4 aliphatic rings. The van der Waals surface area contributed by atoms with E-state index >= 15 is 0 Å². The number of hydrogen-bond donors (Lipinski definition) is 3. The van der Waals surface area contributed by atoms with Gasteiger partial charge in [0.25, 0.3) is 0 Å². The Labute approximate surface area is 243 Å². The van der Waals surface area contributed by atoms with Crippen LogP contribution in [0.15, 0.2) is 17.3 Å². The lowest BCUT2D eigenvalue weighted by atomic mass is 9.41. The molecule has 8 atom stereocenters. The van der Waals surface area contributed by atoms with Crippen molar-refractivity contribution in [1.29, 1.82) is 0 Å². The van der Waals surface area contributed by atoms with Crippen molar-refractivity contribution in [3.63, 3.8) is 0 Å². The lowest BCUT2D eigenvalue weighted by Gasteiger charge is -2.65. The minimum atomic E-state index is 0.0268. The smallest absolute Gasteiger partial charge is 0.0781 e. The number of nitrogens with one attached hydrogen (secondary N) is 1. The van der Waals surface area contributed by atoms with Gasteiger partial charge in [-0.15, -0.1) is 0 Å². The molecule has 0 saturated heterocycles. The maximum absolute atomic E-state index is 7.60. The summed E-state index contributed by atoms with van der Waals surface area (Å²) in [5.41, 5.74) is 15.4. The quantitative estimate of drug-likeness (QED) is 0.291. The van der Waals surface area contributed by atoms with E-state index in [0.29, 0.717) is 34.6 Å². The molecular formula is C34H67N5. The lowest BCUT2D eigenvalue weighted by Crippen LogP contribution is -2.68. The zero-order valence-corrected chi connectivity index (χ0v) is 27.7. The van der Waals surface area contributed by atoms with Gasteiger partial charge in [0, 0.05) is 42.0 Å². The molecule has 0 aliphatic heterocycles. The fourth-order valence-corrected chi connectivity index (χ4v) is 9.81. The van der Waals surface area contributed by atoms with Crippen LogP contribution in [0.2, 0.25) is 0 Å². The van der Waals surface area contributed by atoms with Crippen molar-refractivity contribution < 1.29 is 0 Å². The number of aliphatic imine (C=N–C) groups is 1. The SMILES string of the molecule is C=C(CN=C(C)C1CCC2C1(C)CCC1C3(C)CCC(C)CC3CCC12N)N(CCNC)C(C)C.CC.CN. The Morgan fingerprint density at radius 2 is 1.62 bits per heavy atom. The Balaban J connectivity index is 0.00000127. The Kier molecular flexibility index (Phi) is 12.6. The number of hydrogen-bond acceptors (Lipinski definition) is 5. The van der Waals surface area contributed by atoms with E-state index in [0.717, 1.165) is 37.2 Å². The van der Waals surface area contributed by atoms with Gasteiger partial charge >= 0.3 is 0 Å². The van der Waals surface area contributed by atoms with E-state index in [9.17, 15) is 0 Å². The number of nitrogens with two attached hydrogens (primary N) is 2. The van der Waals surface area contributed by atoms with E-state index in [-0.39, 0.29) is 5.54 Å². The molecule has 5 heteroatoms. The van der Waals surface area contributed by atoms with Crippen LogP contribution in [0.4, 0.5) is 0 Å². The molecule has 4 aliphatic carbocycles. The molecule has 228 valence electrons. The Morgan fingerprint density at radius 1 is 1.00 bits per heavy atom. The molecule has 0 heterocycles. The largest absolute Gasteiger partial charge is 0.370 e. The van der Waals surface area contributed by atoms with Crippen molar-refractivity contribution >= 4 is 5.71 Å². The predicted octanol–water partition coefficient (Wildman–Crippen LogP) is 6.87. The molecular weight excluding hydrogens is 478 g/mol. The summed E-state index contributed by atoms with van der Waals surface area (Å²) >= 11 is 0. The van der Waals surface area contributed by atoms with Crippen LogP contribution in [0.3, 0.4) is 0 Å². The minimum absolute atomic E-state index is 0.0268. The zero-order valence-electron chi connectivity index (χ0n) is 27.7. The van der Waals surface area contributed by atoms with Gasteiger partial charge in [-0.1, -0.05) is 47.6 Å². The van der Waals surface area contributed by atoms with E-state index in [2.05, 4.69) is 64.1 Å². The third kappa shape index (κ3) is 6.61. The Morgan fingerprint density at radius 3 is 2.23 bits per heavy atom. The Hall–Kier alpha value is -0.910. The molecule has 4 fully saturated rings. The van der Waals surface area contributed by atoms with Crippen LogP contribution in [0.25, 0.3) is 0 Å². The third-order valence-corrected chi connectivity index (χ3v) is 11.8. The van der Waals surface area contributed by atoms with E-state index in [1.54, 1.807) is 0 Å². The van der Waals surface area contributed by atoms with Crippen LogP contribution in [-0.4, -0.2) is 55.9 Å². The average molecular weight is 546 g/mol. The molecule has 4 rings (SSSR count). The molecule has 0 amide bonds. The second-order valence-corrected chi connectivity index (χ2v) is 13.9. The van der Waals surface area contributed by atoms with Crippen molar-refractivity contribution in [3.8, 4) is 0 Å². The van der Waals surface area contributed by atoms with Crippen LogP contribution in [-0.2, 0) is 0 Å². The maximum Gasteiger partial charge on any atom is 0.0781 e. The minimum Gasteiger partial charge on any atom is -0.370 e. The average Bonchev–Trinajstić information content (AvgIpc) is 3.28. The third-order valence-electron chi connectivity index (χ3n) is 11.8. The molecule has 0 bridgehead atoms. The fraction of sp³-hybridized carbons (Fsp3) is 0.912. The molecule has 4 saturated carbocycles. The first-order valence-electron chi connectivity index (χ1n) is 16.4. The van der Waals surface area contributed by atoms with Crippen molar-refractivity contribution in [2.45, 2.75) is 125 Å². The van der Waals surface area contributed by atoms with Crippen molar-refractivity contribution in [2.24, 2.45) is 56.9 Å². The molecule has 0 radical (unpaired) electrons. The van der Waals surface area contributed by atoms with E-state index in [1.165, 1.54) is 70.5 Å². The second-order valence-electron chi connectivity index (χ2n) is 13.9. The predicted molar refractivity (Wildman–Crippen MR) is 172 cm³/mol. The highest BCUT2D eigenvalue weighted by Crippen LogP contribution is 2.68. The second kappa shape index (κ2) is 14.3. The van der Waals surface area contributed by atoms with E-state index < -0.39 is 0 Å². The van der Waals surface area contributed by atoms with E-state index in [1.807, 2.05) is 20.9 Å². The number of likely N-dealkylation sites (N-methyl/N-ethyl adjacent to an activating group) is 1. The van der Waals surface area contributed by atoms with Crippen LogP contribution < -0.4 is 16.8 Å². The summed E-state index contributed by atoms with van der Waals surface area (Å²) in [5, 5.41) is 3.27. The maximum atomic E-state index is 7.60. The number of nitrogens with zero attached hydrogens (tertiary/aromatic N) is 2. The van der Waals surface area contributed by atoms with Crippen LogP contribution in [0, 0.1) is 40.4 Å². The van der Waals surface area contributed by atoms with Gasteiger partial charge in [-0.05, 0) is 121 Å². The van der Waals surface area contributed by atoms with Gasteiger partial charge in [0.2, 0.25) is 0 Å². The fourth-order valence-electron chi connectivity index (χ4n) is 9.81. The standard InChI is InChI=1S/C31H56N4.C2H6.CH5N/c1-21(2)35(18-17-33-8)23(4)20-34-24(5)26-9-10-27-30(26,7)15-13-28-29(6)14-11-22(3)19-25(29)12-16-31(27,28)32;2*1-2/h21-22,25-28,33H,4,9-20,32H2,1-3,5-8H3;1-2H3;2H2,1H3. The van der Waals surface area contributed by atoms with Gasteiger partial charge in [0.15, 0.2) is 0 Å². The number of rotatable bonds is 8. The molecule has 39 heavy (non-hydrogen) atoms. The van der Waals surface area contributed by atoms with Crippen LogP contribution in [0.1, 0.15) is 113 Å². The summed E-state index contributed by atoms with van der Waals surface area (Å²) in [6, 6.07) is 0.450. The molecule has 5 N–H and O–H groups in total. The normalized spacial score (nSPS) is 39.3.